The first-order valence-corrected chi connectivity index (χ1v) is 9.43. The molecule has 5 nitrogen and oxygen atoms in total. The number of aromatic nitrogens is 1. The number of nitrogens with one attached hydrogen (secondary N) is 2. The monoisotopic (exact) mass is 480 g/mol. The SMILES string of the molecule is CN=C(NCCc1ccc(OC2CCCC2)cc1)NCc1ccccn1.I. The zero-order valence-electron chi connectivity index (χ0n) is 15.9. The molecule has 0 saturated heterocycles. The lowest BCUT2D eigenvalue weighted by Crippen LogP contribution is -2.38. The molecule has 0 unspecified atom stereocenters. The molecule has 2 N–H and O–H groups in total. The zero-order valence-corrected chi connectivity index (χ0v) is 18.2. The zero-order chi connectivity index (χ0) is 18.0. The first-order valence-electron chi connectivity index (χ1n) is 9.43. The molecule has 0 aliphatic heterocycles. The number of nitrogens with zero attached hydrogens (tertiary/aromatic N) is 2. The van der Waals surface area contributed by atoms with Crippen molar-refractivity contribution < 1.29 is 4.74 Å². The Morgan fingerprint density at radius 2 is 1.89 bits per heavy atom. The Morgan fingerprint density at radius 1 is 1.11 bits per heavy atom. The van der Waals surface area contributed by atoms with Crippen molar-refractivity contribution in [3.05, 3.63) is 59.9 Å². The number of hydrogen-bond acceptors (Lipinski definition) is 3. The van der Waals surface area contributed by atoms with Crippen LogP contribution in [-0.2, 0) is 13.0 Å². The summed E-state index contributed by atoms with van der Waals surface area (Å²) in [7, 11) is 1.78. The molecule has 1 heterocycles. The number of halogens is 1. The third kappa shape index (κ3) is 7.36. The minimum absolute atomic E-state index is 0. The molecule has 0 atom stereocenters. The van der Waals surface area contributed by atoms with E-state index in [1.165, 1.54) is 31.2 Å². The second-order valence-corrected chi connectivity index (χ2v) is 6.59. The van der Waals surface area contributed by atoms with Crippen LogP contribution in [0, 0.1) is 0 Å². The smallest absolute Gasteiger partial charge is 0.191 e. The van der Waals surface area contributed by atoms with E-state index in [0.29, 0.717) is 12.6 Å². The summed E-state index contributed by atoms with van der Waals surface area (Å²) < 4.78 is 6.01. The van der Waals surface area contributed by atoms with E-state index in [4.69, 9.17) is 4.74 Å². The lowest BCUT2D eigenvalue weighted by atomic mass is 10.1. The van der Waals surface area contributed by atoms with Crippen molar-refractivity contribution in [2.24, 2.45) is 4.99 Å². The van der Waals surface area contributed by atoms with Crippen molar-refractivity contribution in [3.63, 3.8) is 0 Å². The Morgan fingerprint density at radius 3 is 2.56 bits per heavy atom. The van der Waals surface area contributed by atoms with Crippen LogP contribution in [-0.4, -0.2) is 30.6 Å². The van der Waals surface area contributed by atoms with Gasteiger partial charge in [0.15, 0.2) is 5.96 Å². The van der Waals surface area contributed by atoms with Gasteiger partial charge in [-0.15, -0.1) is 24.0 Å². The van der Waals surface area contributed by atoms with E-state index < -0.39 is 0 Å². The van der Waals surface area contributed by atoms with Crippen LogP contribution >= 0.6 is 24.0 Å². The van der Waals surface area contributed by atoms with E-state index in [9.17, 15) is 0 Å². The van der Waals surface area contributed by atoms with Crippen molar-refractivity contribution in [1.82, 2.24) is 15.6 Å². The predicted molar refractivity (Wildman–Crippen MR) is 121 cm³/mol. The van der Waals surface area contributed by atoms with Crippen LogP contribution in [0.5, 0.6) is 5.75 Å². The van der Waals surface area contributed by atoms with Crippen molar-refractivity contribution in [1.29, 1.82) is 0 Å². The molecular weight excluding hydrogens is 451 g/mol. The summed E-state index contributed by atoms with van der Waals surface area (Å²) >= 11 is 0. The molecule has 2 aromatic rings. The maximum atomic E-state index is 6.01. The maximum Gasteiger partial charge on any atom is 0.191 e. The summed E-state index contributed by atoms with van der Waals surface area (Å²) in [6, 6.07) is 14.4. The topological polar surface area (TPSA) is 58.5 Å². The Hall–Kier alpha value is -1.83. The molecule has 0 spiro atoms. The fourth-order valence-electron chi connectivity index (χ4n) is 3.16. The van der Waals surface area contributed by atoms with Crippen LogP contribution in [0.2, 0.25) is 0 Å². The fraction of sp³-hybridized carbons (Fsp3) is 0.429. The quantitative estimate of drug-likeness (QED) is 0.358. The van der Waals surface area contributed by atoms with Gasteiger partial charge in [0, 0.05) is 19.8 Å². The highest BCUT2D eigenvalue weighted by Gasteiger charge is 2.16. The average Bonchev–Trinajstić information content (AvgIpc) is 3.20. The maximum absolute atomic E-state index is 6.01. The largest absolute Gasteiger partial charge is 0.490 e. The standard InChI is InChI=1S/C21H28N4O.HI/c1-22-21(25-16-18-6-4-5-14-23-18)24-15-13-17-9-11-20(12-10-17)26-19-7-2-3-8-19;/h4-6,9-12,14,19H,2-3,7-8,13,15-16H2,1H3,(H2,22,24,25);1H. The van der Waals surface area contributed by atoms with Gasteiger partial charge in [-0.3, -0.25) is 9.98 Å². The third-order valence-electron chi connectivity index (χ3n) is 4.62. The Bertz CT molecular complexity index is 685. The molecule has 1 saturated carbocycles. The summed E-state index contributed by atoms with van der Waals surface area (Å²) in [4.78, 5) is 8.55. The van der Waals surface area contributed by atoms with E-state index in [1.54, 1.807) is 13.2 Å². The second kappa shape index (κ2) is 11.8. The summed E-state index contributed by atoms with van der Waals surface area (Å²) in [5.74, 6) is 1.78. The van der Waals surface area contributed by atoms with Gasteiger partial charge in [-0.1, -0.05) is 18.2 Å². The molecule has 3 rings (SSSR count). The number of aliphatic imine (C=N–C) groups is 1. The van der Waals surface area contributed by atoms with E-state index in [0.717, 1.165) is 30.4 Å². The van der Waals surface area contributed by atoms with Crippen LogP contribution < -0.4 is 15.4 Å². The summed E-state index contributed by atoms with van der Waals surface area (Å²) in [6.07, 6.45) is 8.12. The van der Waals surface area contributed by atoms with Gasteiger partial charge in [0.25, 0.3) is 0 Å². The number of hydrogen-bond donors (Lipinski definition) is 2. The highest BCUT2D eigenvalue weighted by molar-refractivity contribution is 14.0. The summed E-state index contributed by atoms with van der Waals surface area (Å²) in [5, 5.41) is 6.62. The van der Waals surface area contributed by atoms with Crippen LogP contribution in [0.4, 0.5) is 0 Å². The molecular formula is C21H29IN4O. The minimum Gasteiger partial charge on any atom is -0.490 e. The van der Waals surface area contributed by atoms with E-state index in [-0.39, 0.29) is 24.0 Å². The number of benzene rings is 1. The Kier molecular flexibility index (Phi) is 9.38. The molecule has 1 aliphatic rings. The molecule has 0 amide bonds. The summed E-state index contributed by atoms with van der Waals surface area (Å²) in [6.45, 7) is 1.48. The highest BCUT2D eigenvalue weighted by atomic mass is 127. The average molecular weight is 480 g/mol. The molecule has 1 fully saturated rings. The van der Waals surface area contributed by atoms with Gasteiger partial charge in [-0.2, -0.15) is 0 Å². The number of rotatable bonds is 7. The third-order valence-corrected chi connectivity index (χ3v) is 4.62. The van der Waals surface area contributed by atoms with E-state index in [2.05, 4.69) is 44.9 Å². The first kappa shape index (κ1) is 21.5. The molecule has 0 bridgehead atoms. The lowest BCUT2D eigenvalue weighted by molar-refractivity contribution is 0.210. The Labute approximate surface area is 179 Å². The van der Waals surface area contributed by atoms with E-state index >= 15 is 0 Å². The van der Waals surface area contributed by atoms with Crippen molar-refractivity contribution in [2.75, 3.05) is 13.6 Å². The second-order valence-electron chi connectivity index (χ2n) is 6.59. The minimum atomic E-state index is 0. The first-order chi connectivity index (χ1) is 12.8. The van der Waals surface area contributed by atoms with Crippen molar-refractivity contribution in [3.8, 4) is 5.75 Å². The fourth-order valence-corrected chi connectivity index (χ4v) is 3.16. The molecule has 0 radical (unpaired) electrons. The van der Waals surface area contributed by atoms with Gasteiger partial charge < -0.3 is 15.4 Å². The molecule has 1 aliphatic carbocycles. The van der Waals surface area contributed by atoms with Gasteiger partial charge in [-0.25, -0.2) is 0 Å². The number of pyridine rings is 1. The molecule has 1 aromatic carbocycles. The van der Waals surface area contributed by atoms with Crippen LogP contribution in [0.25, 0.3) is 0 Å². The van der Waals surface area contributed by atoms with Gasteiger partial charge in [0.1, 0.15) is 5.75 Å². The predicted octanol–water partition coefficient (Wildman–Crippen LogP) is 3.93. The number of ether oxygens (including phenoxy) is 1. The van der Waals surface area contributed by atoms with Gasteiger partial charge in [0.05, 0.1) is 18.3 Å². The van der Waals surface area contributed by atoms with Crippen LogP contribution in [0.15, 0.2) is 53.7 Å². The van der Waals surface area contributed by atoms with E-state index in [1.807, 2.05) is 18.2 Å². The molecule has 146 valence electrons. The van der Waals surface area contributed by atoms with Crippen LogP contribution in [0.1, 0.15) is 36.9 Å². The Balaban J connectivity index is 0.00000261. The lowest BCUT2D eigenvalue weighted by Gasteiger charge is -2.14. The van der Waals surface area contributed by atoms with Crippen molar-refractivity contribution >= 4 is 29.9 Å². The highest BCUT2D eigenvalue weighted by Crippen LogP contribution is 2.24. The normalized spacial score (nSPS) is 14.5. The van der Waals surface area contributed by atoms with Gasteiger partial charge >= 0.3 is 0 Å². The van der Waals surface area contributed by atoms with Crippen molar-refractivity contribution in [2.45, 2.75) is 44.8 Å². The molecule has 1 aromatic heterocycles. The molecule has 27 heavy (non-hydrogen) atoms. The van der Waals surface area contributed by atoms with Gasteiger partial charge in [0.2, 0.25) is 0 Å². The summed E-state index contributed by atoms with van der Waals surface area (Å²) in [5.41, 5.74) is 2.28. The molecule has 6 heteroatoms. The van der Waals surface area contributed by atoms with Gasteiger partial charge in [-0.05, 0) is 61.9 Å². The number of guanidine groups is 1. The van der Waals surface area contributed by atoms with Crippen LogP contribution in [0.3, 0.4) is 0 Å².